The van der Waals surface area contributed by atoms with Crippen molar-refractivity contribution in [1.29, 1.82) is 0 Å². The highest BCUT2D eigenvalue weighted by molar-refractivity contribution is 7.14. The van der Waals surface area contributed by atoms with Gasteiger partial charge in [0.1, 0.15) is 47.0 Å². The Morgan fingerprint density at radius 2 is 1.89 bits per heavy atom. The minimum Gasteiger partial charge on any atom is -0.497 e. The average Bonchev–Trinajstić information content (AvgIpc) is 3.55. The van der Waals surface area contributed by atoms with Crippen LogP contribution in [0.5, 0.6) is 11.5 Å². The van der Waals surface area contributed by atoms with E-state index in [9.17, 15) is 29.1 Å². The van der Waals surface area contributed by atoms with E-state index in [-0.39, 0.29) is 50.2 Å². The first kappa shape index (κ1) is 44.6. The number of benzene rings is 1. The predicted molar refractivity (Wildman–Crippen MR) is 234 cm³/mol. The van der Waals surface area contributed by atoms with Crippen LogP contribution in [0.2, 0.25) is 0 Å². The van der Waals surface area contributed by atoms with Gasteiger partial charge < -0.3 is 45.1 Å². The number of allylic oxidation sites excluding steroid dienone is 1. The number of ether oxygens (including phenoxy) is 3. The lowest BCUT2D eigenvalue weighted by Gasteiger charge is -2.34. The number of carbonyl (C=O) groups excluding carboxylic acids is 4. The van der Waals surface area contributed by atoms with E-state index < -0.39 is 59.1 Å². The molecule has 2 aromatic heterocycles. The van der Waals surface area contributed by atoms with E-state index in [1.54, 1.807) is 30.2 Å². The summed E-state index contributed by atoms with van der Waals surface area (Å²) in [5.41, 5.74) is -0.232. The first-order valence-corrected chi connectivity index (χ1v) is 22.6. The molecule has 2 saturated heterocycles. The number of methoxy groups -OCH3 is 1. The van der Waals surface area contributed by atoms with Crippen molar-refractivity contribution in [3.05, 3.63) is 41.8 Å². The zero-order valence-corrected chi connectivity index (χ0v) is 37.2. The molecule has 1 unspecified atom stereocenters. The lowest BCUT2D eigenvalue weighted by molar-refractivity contribution is -0.145. The van der Waals surface area contributed by atoms with E-state index in [2.05, 4.69) is 16.0 Å². The summed E-state index contributed by atoms with van der Waals surface area (Å²) in [4.78, 5) is 81.0. The summed E-state index contributed by atoms with van der Waals surface area (Å²) < 4.78 is 18.3. The minimum atomic E-state index is -1.49. The Morgan fingerprint density at radius 1 is 1.08 bits per heavy atom. The van der Waals surface area contributed by atoms with Gasteiger partial charge in [0.15, 0.2) is 5.13 Å². The second-order valence-electron chi connectivity index (χ2n) is 18.3. The third-order valence-corrected chi connectivity index (χ3v) is 12.9. The maximum Gasteiger partial charge on any atom is 0.408 e. The van der Waals surface area contributed by atoms with E-state index in [4.69, 9.17) is 24.2 Å². The lowest BCUT2D eigenvalue weighted by Crippen LogP contribution is -2.56. The number of aliphatic carboxylic acids is 1. The van der Waals surface area contributed by atoms with E-state index >= 15 is 0 Å². The number of likely N-dealkylation sites (tertiary alicyclic amines) is 1. The Labute approximate surface area is 366 Å². The number of nitrogens with one attached hydrogen (secondary N) is 3. The second kappa shape index (κ2) is 18.5. The molecule has 0 radical (unpaired) electrons. The highest BCUT2D eigenvalue weighted by atomic mass is 32.1. The molecular weight excluding hydrogens is 815 g/mol. The van der Waals surface area contributed by atoms with Gasteiger partial charge in [-0.05, 0) is 58.1 Å². The largest absolute Gasteiger partial charge is 0.497 e. The summed E-state index contributed by atoms with van der Waals surface area (Å²) in [5.74, 6) is -1.57. The van der Waals surface area contributed by atoms with Gasteiger partial charge in [0, 0.05) is 59.7 Å². The van der Waals surface area contributed by atoms with Crippen molar-refractivity contribution in [3.63, 3.8) is 0 Å². The fourth-order valence-electron chi connectivity index (χ4n) is 8.45. The number of amides is 4. The third kappa shape index (κ3) is 10.1. The maximum atomic E-state index is 14.9. The number of aromatic nitrogens is 2. The number of anilines is 1. The monoisotopic (exact) mass is 873 g/mol. The van der Waals surface area contributed by atoms with Gasteiger partial charge in [-0.25, -0.2) is 19.6 Å². The Bertz CT molecular complexity index is 2200. The number of nitrogens with zero attached hydrogens (tertiary/aromatic N) is 4. The van der Waals surface area contributed by atoms with Crippen LogP contribution in [0.15, 0.2) is 41.8 Å². The zero-order valence-electron chi connectivity index (χ0n) is 36.4. The molecule has 3 fully saturated rings. The van der Waals surface area contributed by atoms with E-state index in [0.29, 0.717) is 59.6 Å². The summed E-state index contributed by atoms with van der Waals surface area (Å²) >= 11 is 1.46. The number of hydrogen-bond donors (Lipinski definition) is 4. The molecule has 4 N–H and O–H groups in total. The summed E-state index contributed by atoms with van der Waals surface area (Å²) in [7, 11) is 1.57. The third-order valence-electron chi connectivity index (χ3n) is 12.1. The highest BCUT2D eigenvalue weighted by Crippen LogP contribution is 2.46. The van der Waals surface area contributed by atoms with Crippen LogP contribution >= 0.6 is 11.3 Å². The van der Waals surface area contributed by atoms with Crippen LogP contribution in [0, 0.1) is 11.3 Å². The van der Waals surface area contributed by atoms with Crippen LogP contribution in [-0.2, 0) is 23.9 Å². The van der Waals surface area contributed by atoms with Crippen LogP contribution in [0.3, 0.4) is 0 Å². The van der Waals surface area contributed by atoms with Gasteiger partial charge in [0.25, 0.3) is 0 Å². The van der Waals surface area contributed by atoms with Crippen molar-refractivity contribution in [2.45, 2.75) is 128 Å². The molecule has 3 aromatic rings. The van der Waals surface area contributed by atoms with Crippen LogP contribution in [-0.4, -0.2) is 117 Å². The molecule has 334 valence electrons. The van der Waals surface area contributed by atoms with Crippen molar-refractivity contribution >= 4 is 57.2 Å². The van der Waals surface area contributed by atoms with Crippen molar-refractivity contribution in [2.24, 2.45) is 11.3 Å². The van der Waals surface area contributed by atoms with Gasteiger partial charge in [-0.15, -0.1) is 11.3 Å². The van der Waals surface area contributed by atoms with E-state index in [1.807, 2.05) is 58.2 Å². The molecule has 0 spiro atoms. The lowest BCUT2D eigenvalue weighted by atomic mass is 9.88. The SMILES string of the molecule is COc1ccc2c(O[C@@H]3C[C@H]4C(=O)N[C@]5(C(=O)O)CC5/C=C\CCCCC[C@H](NC(=O)O[C@H](CN5CCCC5=O)C(C)(C)C)C(=O)N4C3)cc(-c3csc(NC(C)C)n3)nc2c1. The Morgan fingerprint density at radius 3 is 2.60 bits per heavy atom. The van der Waals surface area contributed by atoms with Crippen LogP contribution < -0.4 is 25.4 Å². The summed E-state index contributed by atoms with van der Waals surface area (Å²) in [6.07, 6.45) is 6.28. The van der Waals surface area contributed by atoms with Crippen molar-refractivity contribution in [3.8, 4) is 22.9 Å². The van der Waals surface area contributed by atoms with Gasteiger partial charge in [0.2, 0.25) is 17.7 Å². The van der Waals surface area contributed by atoms with Gasteiger partial charge in [-0.3, -0.25) is 14.4 Å². The molecule has 62 heavy (non-hydrogen) atoms. The van der Waals surface area contributed by atoms with Crippen LogP contribution in [0.1, 0.15) is 92.4 Å². The molecule has 5 heterocycles. The molecule has 4 amide bonds. The number of alkyl carbamates (subject to hydrolysis) is 1. The average molecular weight is 874 g/mol. The molecule has 6 atom stereocenters. The number of pyridine rings is 1. The van der Waals surface area contributed by atoms with Gasteiger partial charge >= 0.3 is 12.1 Å². The molecule has 0 bridgehead atoms. The van der Waals surface area contributed by atoms with Gasteiger partial charge in [0.05, 0.1) is 31.4 Å². The first-order valence-electron chi connectivity index (χ1n) is 21.7. The number of hydrogen-bond acceptors (Lipinski definition) is 12. The fraction of sp³-hybridized carbons (Fsp3) is 0.578. The van der Waals surface area contributed by atoms with Gasteiger partial charge in [-0.1, -0.05) is 45.8 Å². The van der Waals surface area contributed by atoms with Crippen LogP contribution in [0.25, 0.3) is 22.3 Å². The van der Waals surface area contributed by atoms with Crippen molar-refractivity contribution in [1.82, 2.24) is 30.4 Å². The van der Waals surface area contributed by atoms with Crippen molar-refractivity contribution in [2.75, 3.05) is 32.1 Å². The fourth-order valence-corrected chi connectivity index (χ4v) is 9.31. The van der Waals surface area contributed by atoms with Crippen molar-refractivity contribution < 1.29 is 43.3 Å². The topological polar surface area (TPSA) is 202 Å². The molecular formula is C45H59N7O9S. The first-order chi connectivity index (χ1) is 29.5. The number of fused-ring (bicyclic) bond motifs is 3. The Balaban J connectivity index is 1.19. The predicted octanol–water partition coefficient (Wildman–Crippen LogP) is 6.15. The molecule has 4 aliphatic rings. The summed E-state index contributed by atoms with van der Waals surface area (Å²) in [6.45, 7) is 10.7. The number of carboxylic acid groups (broad SMARTS) is 1. The van der Waals surface area contributed by atoms with E-state index in [0.717, 1.165) is 24.4 Å². The number of carboxylic acids is 1. The molecule has 16 nitrogen and oxygen atoms in total. The quantitative estimate of drug-likeness (QED) is 0.161. The number of rotatable bonds is 11. The summed E-state index contributed by atoms with van der Waals surface area (Å²) in [6, 6.07) is 5.24. The van der Waals surface area contributed by atoms with Crippen LogP contribution in [0.4, 0.5) is 9.93 Å². The standard InChI is InChI=1S/C45H59N7O9S/c1-26(2)46-42-48-34(25-62-42)33-21-36(30-17-16-28(59-6)19-32(30)47-33)60-29-20-35-39(54)50-45(41(56)57)22-27(45)13-10-8-7-9-11-14-31(40(55)52(35)23-29)49-43(58)61-37(44(3,4)5)24-51-18-12-15-38(51)53/h10,13,16-17,19,21,25-27,29,31,35,37H,7-9,11-12,14-15,18,20,22-24H2,1-6H3,(H,46,48)(H,49,58)(H,50,54)(H,56,57)/b13-10-/t27?,29-,31+,35+,37-,45-/m1/s1. The normalized spacial score (nSPS) is 25.6. The molecule has 17 heteroatoms. The Hall–Kier alpha value is -5.45. The summed E-state index contributed by atoms with van der Waals surface area (Å²) in [5, 5.41) is 22.7. The molecule has 1 aromatic carbocycles. The molecule has 7 rings (SSSR count). The highest BCUT2D eigenvalue weighted by Gasteiger charge is 2.61. The zero-order chi connectivity index (χ0) is 44.3. The smallest absolute Gasteiger partial charge is 0.408 e. The molecule has 3 aliphatic heterocycles. The molecule has 1 saturated carbocycles. The second-order valence-corrected chi connectivity index (χ2v) is 19.1. The number of carbonyl (C=O) groups is 5. The Kier molecular flexibility index (Phi) is 13.3. The number of thiazole rings is 1. The van der Waals surface area contributed by atoms with Gasteiger partial charge in [-0.2, -0.15) is 0 Å². The minimum absolute atomic E-state index is 0.0133. The molecule has 1 aliphatic carbocycles. The maximum absolute atomic E-state index is 14.9. The van der Waals surface area contributed by atoms with E-state index in [1.165, 1.54) is 16.2 Å².